The fourth-order valence-corrected chi connectivity index (χ4v) is 4.66. The van der Waals surface area contributed by atoms with E-state index >= 15 is 0 Å². The molecule has 164 valence electrons. The van der Waals surface area contributed by atoms with Gasteiger partial charge in [0.25, 0.3) is 5.56 Å². The highest BCUT2D eigenvalue weighted by Gasteiger charge is 2.35. The van der Waals surface area contributed by atoms with Crippen LogP contribution in [0.25, 0.3) is 0 Å². The van der Waals surface area contributed by atoms with Gasteiger partial charge in [-0.05, 0) is 49.3 Å². The van der Waals surface area contributed by atoms with Gasteiger partial charge in [-0.25, -0.2) is 0 Å². The average Bonchev–Trinajstić information content (AvgIpc) is 2.69. The number of benzene rings is 1. The summed E-state index contributed by atoms with van der Waals surface area (Å²) < 4.78 is 0. The number of nitrogens with one attached hydrogen (secondary N) is 3. The lowest BCUT2D eigenvalue weighted by Gasteiger charge is -2.35. The Morgan fingerprint density at radius 3 is 2.58 bits per heavy atom. The second kappa shape index (κ2) is 8.17. The van der Waals surface area contributed by atoms with Crippen LogP contribution in [0.3, 0.4) is 0 Å². The molecule has 4 rings (SSSR count). The minimum atomic E-state index is -0.895. The van der Waals surface area contributed by atoms with Crippen LogP contribution < -0.4 is 21.1 Å². The molecule has 0 saturated carbocycles. The lowest BCUT2D eigenvalue weighted by molar-refractivity contribution is -0.123. The Morgan fingerprint density at radius 1 is 1.16 bits per heavy atom. The van der Waals surface area contributed by atoms with Gasteiger partial charge in [-0.3, -0.25) is 19.4 Å². The minimum Gasteiger partial charge on any atom is -0.342 e. The number of amides is 2. The van der Waals surface area contributed by atoms with E-state index in [1.807, 2.05) is 36.9 Å². The molecule has 3 atom stereocenters. The molecule has 2 aliphatic heterocycles. The van der Waals surface area contributed by atoms with Gasteiger partial charge in [-0.15, -0.1) is 0 Å². The molecule has 1 aromatic heterocycles. The van der Waals surface area contributed by atoms with E-state index < -0.39 is 5.92 Å². The van der Waals surface area contributed by atoms with Crippen LogP contribution in [-0.2, 0) is 9.59 Å². The van der Waals surface area contributed by atoms with Crippen molar-refractivity contribution in [3.8, 4) is 0 Å². The predicted octanol–water partition coefficient (Wildman–Crippen LogP) is 2.93. The molecule has 31 heavy (non-hydrogen) atoms. The Labute approximate surface area is 181 Å². The van der Waals surface area contributed by atoms with Gasteiger partial charge in [0.1, 0.15) is 5.82 Å². The standard InChI is InChI=1S/C23H29N5O3/c1-12-5-6-15(4)17(8-12)24-21(30)16-9-18(29)25-20-19(16)22(31)27-23(26-20)28-10-13(2)7-14(3)11-28/h5-6,8,13-14,16H,7,9-11H2,1-4H3,(H,24,30)(H2,25,26,27,29,31). The molecule has 2 aromatic rings. The number of nitrogens with zero attached hydrogens (tertiary/aromatic N) is 2. The summed E-state index contributed by atoms with van der Waals surface area (Å²) in [6.45, 7) is 9.77. The summed E-state index contributed by atoms with van der Waals surface area (Å²) in [5.41, 5.74) is 2.43. The summed E-state index contributed by atoms with van der Waals surface area (Å²) in [6.07, 6.45) is 1.04. The highest BCUT2D eigenvalue weighted by molar-refractivity contribution is 6.04. The fraction of sp³-hybridized carbons (Fsp3) is 0.478. The van der Waals surface area contributed by atoms with Crippen molar-refractivity contribution in [1.29, 1.82) is 0 Å². The van der Waals surface area contributed by atoms with Crippen molar-refractivity contribution in [2.75, 3.05) is 28.6 Å². The molecule has 1 saturated heterocycles. The molecule has 3 N–H and O–H groups in total. The van der Waals surface area contributed by atoms with E-state index in [1.54, 1.807) is 0 Å². The van der Waals surface area contributed by atoms with Crippen LogP contribution in [0, 0.1) is 25.7 Å². The van der Waals surface area contributed by atoms with Gasteiger partial charge in [0.2, 0.25) is 17.8 Å². The van der Waals surface area contributed by atoms with E-state index in [-0.39, 0.29) is 35.2 Å². The van der Waals surface area contributed by atoms with E-state index in [4.69, 9.17) is 0 Å². The first-order valence-corrected chi connectivity index (χ1v) is 10.8. The van der Waals surface area contributed by atoms with Gasteiger partial charge in [0.05, 0.1) is 11.5 Å². The molecule has 0 radical (unpaired) electrons. The number of fused-ring (bicyclic) bond motifs is 1. The largest absolute Gasteiger partial charge is 0.342 e. The Balaban J connectivity index is 1.66. The topological polar surface area (TPSA) is 107 Å². The third kappa shape index (κ3) is 4.33. The molecule has 0 bridgehead atoms. The van der Waals surface area contributed by atoms with Crippen molar-refractivity contribution in [1.82, 2.24) is 9.97 Å². The smallest absolute Gasteiger partial charge is 0.258 e. The number of aromatic amines is 1. The van der Waals surface area contributed by atoms with E-state index in [9.17, 15) is 14.4 Å². The van der Waals surface area contributed by atoms with E-state index in [0.717, 1.165) is 30.6 Å². The van der Waals surface area contributed by atoms with Gasteiger partial charge in [-0.2, -0.15) is 4.98 Å². The molecular weight excluding hydrogens is 394 g/mol. The van der Waals surface area contributed by atoms with Gasteiger partial charge >= 0.3 is 0 Å². The molecule has 0 spiro atoms. The number of anilines is 3. The molecule has 0 aliphatic carbocycles. The maximum Gasteiger partial charge on any atom is 0.258 e. The fourth-order valence-electron chi connectivity index (χ4n) is 4.66. The van der Waals surface area contributed by atoms with Gasteiger partial charge < -0.3 is 15.5 Å². The SMILES string of the molecule is Cc1ccc(C)c(NC(=O)C2CC(=O)Nc3nc(N4CC(C)CC(C)C4)[nH]c(=O)c32)c1. The number of piperidine rings is 1. The summed E-state index contributed by atoms with van der Waals surface area (Å²) in [5, 5.41) is 5.58. The van der Waals surface area contributed by atoms with Crippen LogP contribution in [0.1, 0.15) is 49.3 Å². The molecular formula is C23H29N5O3. The average molecular weight is 424 g/mol. The molecule has 2 aliphatic rings. The Morgan fingerprint density at radius 2 is 1.87 bits per heavy atom. The van der Waals surface area contributed by atoms with Crippen molar-refractivity contribution in [3.05, 3.63) is 45.2 Å². The number of H-pyrrole nitrogens is 1. The van der Waals surface area contributed by atoms with Gasteiger partial charge in [0.15, 0.2) is 0 Å². The van der Waals surface area contributed by atoms with Crippen LogP contribution in [0.5, 0.6) is 0 Å². The zero-order valence-corrected chi connectivity index (χ0v) is 18.4. The Kier molecular flexibility index (Phi) is 5.56. The van der Waals surface area contributed by atoms with Crippen molar-refractivity contribution < 1.29 is 9.59 Å². The number of rotatable bonds is 3. The molecule has 8 heteroatoms. The van der Waals surface area contributed by atoms with Crippen LogP contribution >= 0.6 is 0 Å². The van der Waals surface area contributed by atoms with Crippen LogP contribution in [0.2, 0.25) is 0 Å². The number of hydrogen-bond donors (Lipinski definition) is 3. The highest BCUT2D eigenvalue weighted by atomic mass is 16.2. The Hall–Kier alpha value is -3.16. The van der Waals surface area contributed by atoms with E-state index in [2.05, 4.69) is 34.4 Å². The van der Waals surface area contributed by atoms with Crippen molar-refractivity contribution in [2.45, 2.75) is 46.5 Å². The quantitative estimate of drug-likeness (QED) is 0.704. The number of aryl methyl sites for hydroxylation is 2. The van der Waals surface area contributed by atoms with Crippen LogP contribution in [0.4, 0.5) is 17.5 Å². The normalized spacial score (nSPS) is 23.2. The first-order valence-electron chi connectivity index (χ1n) is 10.8. The third-order valence-electron chi connectivity index (χ3n) is 6.07. The molecule has 1 fully saturated rings. The highest BCUT2D eigenvalue weighted by Crippen LogP contribution is 2.32. The zero-order valence-electron chi connectivity index (χ0n) is 18.4. The maximum atomic E-state index is 13.1. The summed E-state index contributed by atoms with van der Waals surface area (Å²) in [7, 11) is 0. The number of hydrogen-bond acceptors (Lipinski definition) is 5. The number of carbonyl (C=O) groups excluding carboxylic acids is 2. The van der Waals surface area contributed by atoms with E-state index in [0.29, 0.717) is 23.5 Å². The molecule has 1 aromatic carbocycles. The lowest BCUT2D eigenvalue weighted by Crippen LogP contribution is -2.42. The summed E-state index contributed by atoms with van der Waals surface area (Å²) in [4.78, 5) is 47.9. The summed E-state index contributed by atoms with van der Waals surface area (Å²) >= 11 is 0. The third-order valence-corrected chi connectivity index (χ3v) is 6.07. The second-order valence-electron chi connectivity index (χ2n) is 9.12. The van der Waals surface area contributed by atoms with Crippen molar-refractivity contribution in [3.63, 3.8) is 0 Å². The zero-order chi connectivity index (χ0) is 22.3. The van der Waals surface area contributed by atoms with E-state index in [1.165, 1.54) is 0 Å². The molecule has 3 unspecified atom stereocenters. The van der Waals surface area contributed by atoms with Crippen molar-refractivity contribution in [2.24, 2.45) is 11.8 Å². The minimum absolute atomic E-state index is 0.0917. The van der Waals surface area contributed by atoms with Crippen LogP contribution in [0.15, 0.2) is 23.0 Å². The van der Waals surface area contributed by atoms with Gasteiger partial charge in [-0.1, -0.05) is 26.0 Å². The number of aromatic nitrogens is 2. The van der Waals surface area contributed by atoms with Crippen molar-refractivity contribution >= 4 is 29.3 Å². The second-order valence-corrected chi connectivity index (χ2v) is 9.12. The molecule has 8 nitrogen and oxygen atoms in total. The monoisotopic (exact) mass is 423 g/mol. The first-order chi connectivity index (χ1) is 14.7. The first kappa shape index (κ1) is 21.1. The van der Waals surface area contributed by atoms with Gasteiger partial charge in [0, 0.05) is 25.2 Å². The lowest BCUT2D eigenvalue weighted by atomic mass is 9.91. The summed E-state index contributed by atoms with van der Waals surface area (Å²) in [5.74, 6) is -0.0113. The number of carbonyl (C=O) groups is 2. The maximum absolute atomic E-state index is 13.1. The predicted molar refractivity (Wildman–Crippen MR) is 121 cm³/mol. The van der Waals surface area contributed by atoms with Crippen LogP contribution in [-0.4, -0.2) is 34.9 Å². The Bertz CT molecular complexity index is 1080. The molecule has 2 amide bonds. The molecule has 3 heterocycles. The summed E-state index contributed by atoms with van der Waals surface area (Å²) in [6, 6.07) is 5.77.